The third-order valence-corrected chi connectivity index (χ3v) is 3.46. The van der Waals surface area contributed by atoms with E-state index < -0.39 is 11.9 Å². The molecule has 6 nitrogen and oxygen atoms in total. The lowest BCUT2D eigenvalue weighted by molar-refractivity contribution is 0.0526. The average molecular weight is 336 g/mol. The molecule has 0 saturated carbocycles. The van der Waals surface area contributed by atoms with Crippen LogP contribution in [0, 0.1) is 0 Å². The quantitative estimate of drug-likeness (QED) is 0.717. The Balaban J connectivity index is 1.68. The van der Waals surface area contributed by atoms with E-state index in [0.29, 0.717) is 23.6 Å². The minimum absolute atomic E-state index is 0.174. The molecule has 3 rings (SSSR count). The molecule has 0 spiro atoms. The second-order valence-electron chi connectivity index (χ2n) is 5.19. The highest BCUT2D eigenvalue weighted by Crippen LogP contribution is 2.20. The van der Waals surface area contributed by atoms with Crippen LogP contribution in [-0.4, -0.2) is 23.6 Å². The molecule has 1 amide bonds. The Kier molecular flexibility index (Phi) is 4.89. The van der Waals surface area contributed by atoms with E-state index in [2.05, 4.69) is 10.5 Å². The molecule has 1 N–H and O–H groups in total. The number of rotatable bonds is 5. The number of carbonyl (C=O) groups is 2. The fraction of sp³-hybridized carbons (Fsp3) is 0.105. The lowest BCUT2D eigenvalue weighted by Crippen LogP contribution is -2.12. The Bertz CT molecular complexity index is 870. The van der Waals surface area contributed by atoms with Crippen molar-refractivity contribution in [3.8, 4) is 11.3 Å². The number of anilines is 1. The molecule has 0 aliphatic carbocycles. The van der Waals surface area contributed by atoms with Gasteiger partial charge in [0.15, 0.2) is 11.5 Å². The van der Waals surface area contributed by atoms with Crippen molar-refractivity contribution in [3.63, 3.8) is 0 Å². The first-order valence-corrected chi connectivity index (χ1v) is 7.78. The zero-order chi connectivity index (χ0) is 17.6. The van der Waals surface area contributed by atoms with Crippen molar-refractivity contribution >= 4 is 17.6 Å². The number of amides is 1. The van der Waals surface area contributed by atoms with Crippen LogP contribution in [0.15, 0.2) is 65.2 Å². The number of nitrogens with zero attached hydrogens (tertiary/aromatic N) is 1. The van der Waals surface area contributed by atoms with Crippen LogP contribution < -0.4 is 5.32 Å². The van der Waals surface area contributed by atoms with E-state index >= 15 is 0 Å². The molecule has 25 heavy (non-hydrogen) atoms. The minimum Gasteiger partial charge on any atom is -0.462 e. The summed E-state index contributed by atoms with van der Waals surface area (Å²) in [6.07, 6.45) is 0. The van der Waals surface area contributed by atoms with E-state index in [0.717, 1.165) is 5.56 Å². The summed E-state index contributed by atoms with van der Waals surface area (Å²) in [5, 5.41) is 6.51. The van der Waals surface area contributed by atoms with Crippen LogP contribution in [-0.2, 0) is 4.74 Å². The van der Waals surface area contributed by atoms with Gasteiger partial charge in [-0.1, -0.05) is 35.5 Å². The van der Waals surface area contributed by atoms with Crippen molar-refractivity contribution in [2.45, 2.75) is 6.92 Å². The van der Waals surface area contributed by atoms with E-state index in [1.165, 1.54) is 0 Å². The Labute approximate surface area is 144 Å². The van der Waals surface area contributed by atoms with Crippen molar-refractivity contribution in [2.24, 2.45) is 0 Å². The molecule has 126 valence electrons. The average Bonchev–Trinajstić information content (AvgIpc) is 3.13. The van der Waals surface area contributed by atoms with Gasteiger partial charge in [0.25, 0.3) is 5.91 Å². The largest absolute Gasteiger partial charge is 0.462 e. The third-order valence-electron chi connectivity index (χ3n) is 3.46. The predicted octanol–water partition coefficient (Wildman–Crippen LogP) is 3.77. The van der Waals surface area contributed by atoms with Crippen LogP contribution in [0.3, 0.4) is 0 Å². The molecule has 0 atom stereocenters. The van der Waals surface area contributed by atoms with E-state index in [1.54, 1.807) is 37.3 Å². The number of ether oxygens (including phenoxy) is 1. The molecule has 0 aliphatic rings. The van der Waals surface area contributed by atoms with Crippen molar-refractivity contribution in [2.75, 3.05) is 11.9 Å². The van der Waals surface area contributed by atoms with Crippen LogP contribution in [0.4, 0.5) is 5.69 Å². The number of esters is 1. The fourth-order valence-electron chi connectivity index (χ4n) is 2.22. The highest BCUT2D eigenvalue weighted by molar-refractivity contribution is 6.03. The molecule has 0 unspecified atom stereocenters. The van der Waals surface area contributed by atoms with Crippen molar-refractivity contribution in [3.05, 3.63) is 71.9 Å². The second kappa shape index (κ2) is 7.44. The Morgan fingerprint density at radius 3 is 2.48 bits per heavy atom. The van der Waals surface area contributed by atoms with Crippen LogP contribution in [0.25, 0.3) is 11.3 Å². The van der Waals surface area contributed by atoms with Gasteiger partial charge < -0.3 is 14.6 Å². The summed E-state index contributed by atoms with van der Waals surface area (Å²) in [5.74, 6) is -0.275. The van der Waals surface area contributed by atoms with E-state index in [9.17, 15) is 9.59 Å². The summed E-state index contributed by atoms with van der Waals surface area (Å²) < 4.78 is 10.1. The first-order chi connectivity index (χ1) is 12.2. The highest BCUT2D eigenvalue weighted by atomic mass is 16.5. The maximum atomic E-state index is 12.3. The van der Waals surface area contributed by atoms with Gasteiger partial charge in [0.1, 0.15) is 0 Å². The van der Waals surface area contributed by atoms with Gasteiger partial charge in [-0.05, 0) is 31.2 Å². The minimum atomic E-state index is -0.399. The number of benzene rings is 2. The smallest absolute Gasteiger partial charge is 0.338 e. The van der Waals surface area contributed by atoms with Gasteiger partial charge in [-0.25, -0.2) is 4.79 Å². The van der Waals surface area contributed by atoms with Gasteiger partial charge in [0.2, 0.25) is 0 Å². The molecule has 0 aliphatic heterocycles. The maximum absolute atomic E-state index is 12.3. The highest BCUT2D eigenvalue weighted by Gasteiger charge is 2.14. The summed E-state index contributed by atoms with van der Waals surface area (Å²) in [6.45, 7) is 2.06. The zero-order valence-corrected chi connectivity index (χ0v) is 13.6. The van der Waals surface area contributed by atoms with Crippen LogP contribution in [0.1, 0.15) is 27.8 Å². The molecule has 3 aromatic rings. The van der Waals surface area contributed by atoms with Crippen LogP contribution >= 0.6 is 0 Å². The van der Waals surface area contributed by atoms with Gasteiger partial charge in [0.05, 0.1) is 12.2 Å². The lowest BCUT2D eigenvalue weighted by atomic mass is 10.1. The van der Waals surface area contributed by atoms with Gasteiger partial charge in [-0.3, -0.25) is 4.79 Å². The molecule has 0 radical (unpaired) electrons. The van der Waals surface area contributed by atoms with E-state index in [4.69, 9.17) is 9.26 Å². The molecule has 6 heteroatoms. The van der Waals surface area contributed by atoms with E-state index in [1.807, 2.05) is 30.3 Å². The van der Waals surface area contributed by atoms with E-state index in [-0.39, 0.29) is 5.69 Å². The van der Waals surface area contributed by atoms with Crippen LogP contribution in [0.2, 0.25) is 0 Å². The third kappa shape index (κ3) is 3.92. The lowest BCUT2D eigenvalue weighted by Gasteiger charge is -2.04. The first kappa shape index (κ1) is 16.4. The summed E-state index contributed by atoms with van der Waals surface area (Å²) >= 11 is 0. The Hall–Kier alpha value is -3.41. The molecule has 0 fully saturated rings. The summed E-state index contributed by atoms with van der Waals surface area (Å²) in [6, 6.07) is 17.4. The molecule has 1 aromatic heterocycles. The standard InChI is InChI=1S/C19H16N2O4/c1-2-24-19(23)14-8-10-15(11-9-14)20-18(22)16-12-17(25-21-16)13-6-4-3-5-7-13/h3-12H,2H2,1H3,(H,20,22). The first-order valence-electron chi connectivity index (χ1n) is 7.78. The topological polar surface area (TPSA) is 81.4 Å². The molecule has 0 bridgehead atoms. The molecule has 2 aromatic carbocycles. The number of aromatic nitrogens is 1. The molecule has 1 heterocycles. The van der Waals surface area contributed by atoms with Crippen molar-refractivity contribution in [1.29, 1.82) is 0 Å². The van der Waals surface area contributed by atoms with Crippen molar-refractivity contribution in [1.82, 2.24) is 5.16 Å². The summed E-state index contributed by atoms with van der Waals surface area (Å²) in [4.78, 5) is 23.9. The summed E-state index contributed by atoms with van der Waals surface area (Å²) in [7, 11) is 0. The van der Waals surface area contributed by atoms with Gasteiger partial charge in [-0.15, -0.1) is 0 Å². The van der Waals surface area contributed by atoms with Gasteiger partial charge in [-0.2, -0.15) is 0 Å². The zero-order valence-electron chi connectivity index (χ0n) is 13.6. The second-order valence-corrected chi connectivity index (χ2v) is 5.19. The monoisotopic (exact) mass is 336 g/mol. The van der Waals surface area contributed by atoms with Crippen LogP contribution in [0.5, 0.6) is 0 Å². The molecular formula is C19H16N2O4. The normalized spacial score (nSPS) is 10.3. The summed E-state index contributed by atoms with van der Waals surface area (Å²) in [5.41, 5.74) is 1.98. The Morgan fingerprint density at radius 2 is 1.80 bits per heavy atom. The number of nitrogens with one attached hydrogen (secondary N) is 1. The van der Waals surface area contributed by atoms with Crippen molar-refractivity contribution < 1.29 is 18.8 Å². The molecular weight excluding hydrogens is 320 g/mol. The SMILES string of the molecule is CCOC(=O)c1ccc(NC(=O)c2cc(-c3ccccc3)on2)cc1. The number of hydrogen-bond acceptors (Lipinski definition) is 5. The fourth-order valence-corrected chi connectivity index (χ4v) is 2.22. The van der Waals surface area contributed by atoms with Gasteiger partial charge >= 0.3 is 5.97 Å². The predicted molar refractivity (Wildman–Crippen MR) is 92.3 cm³/mol. The molecule has 0 saturated heterocycles. The number of hydrogen-bond donors (Lipinski definition) is 1. The van der Waals surface area contributed by atoms with Gasteiger partial charge in [0, 0.05) is 17.3 Å². The Morgan fingerprint density at radius 1 is 1.08 bits per heavy atom. The number of carbonyl (C=O) groups excluding carboxylic acids is 2. The maximum Gasteiger partial charge on any atom is 0.338 e.